The minimum atomic E-state index is -0.228. The van der Waals surface area contributed by atoms with Crippen molar-refractivity contribution in [3.05, 3.63) is 40.8 Å². The fourth-order valence-corrected chi connectivity index (χ4v) is 2.04. The highest BCUT2D eigenvalue weighted by Gasteiger charge is 2.14. The molecule has 2 rings (SSSR count). The van der Waals surface area contributed by atoms with Gasteiger partial charge in [-0.3, -0.25) is 9.48 Å². The summed E-state index contributed by atoms with van der Waals surface area (Å²) in [4.78, 5) is 16.2. The van der Waals surface area contributed by atoms with Crippen molar-refractivity contribution >= 4 is 11.7 Å². The van der Waals surface area contributed by atoms with Crippen molar-refractivity contribution in [2.24, 2.45) is 12.9 Å². The molecule has 2 heterocycles. The molecule has 0 aliphatic heterocycles. The van der Waals surface area contributed by atoms with Gasteiger partial charge >= 0.3 is 0 Å². The van der Waals surface area contributed by atoms with Crippen molar-refractivity contribution in [3.63, 3.8) is 0 Å². The van der Waals surface area contributed by atoms with Gasteiger partial charge < -0.3 is 10.7 Å². The summed E-state index contributed by atoms with van der Waals surface area (Å²) in [5.41, 5.74) is 5.79. The van der Waals surface area contributed by atoms with Crippen LogP contribution in [0.4, 0.5) is 5.82 Å². The van der Waals surface area contributed by atoms with E-state index >= 15 is 0 Å². The molecule has 0 aliphatic rings. The summed E-state index contributed by atoms with van der Waals surface area (Å²) >= 11 is 0. The number of nitrogens with one attached hydrogen (secondary N) is 2. The molecule has 0 aromatic carbocycles. The third-order valence-corrected chi connectivity index (χ3v) is 3.27. The summed E-state index contributed by atoms with van der Waals surface area (Å²) in [6.07, 6.45) is 1.57. The summed E-state index contributed by atoms with van der Waals surface area (Å²) < 4.78 is 1.80. The molecule has 0 bridgehead atoms. The molecule has 4 N–H and O–H groups in total. The number of carbonyl (C=O) groups is 1. The number of rotatable bonds is 4. The van der Waals surface area contributed by atoms with Gasteiger partial charge in [0.25, 0.3) is 5.91 Å². The van der Waals surface area contributed by atoms with Crippen LogP contribution < -0.4 is 16.6 Å². The number of aryl methyl sites for hydroxylation is 2. The first-order chi connectivity index (χ1) is 9.54. The van der Waals surface area contributed by atoms with Crippen LogP contribution in [0, 0.1) is 13.8 Å². The topological polar surface area (TPSA) is 97.9 Å². The van der Waals surface area contributed by atoms with Crippen LogP contribution in [0.5, 0.6) is 0 Å². The molecule has 7 heteroatoms. The molecule has 1 amide bonds. The summed E-state index contributed by atoms with van der Waals surface area (Å²) in [7, 11) is 1.88. The summed E-state index contributed by atoms with van der Waals surface area (Å²) in [5, 5.41) is 7.17. The lowest BCUT2D eigenvalue weighted by molar-refractivity contribution is 0.0951. The summed E-state index contributed by atoms with van der Waals surface area (Å²) in [5.74, 6) is 5.46. The van der Waals surface area contributed by atoms with Gasteiger partial charge in [0.05, 0.1) is 11.3 Å². The van der Waals surface area contributed by atoms with Gasteiger partial charge in [-0.15, -0.1) is 0 Å². The van der Waals surface area contributed by atoms with Gasteiger partial charge in [0.1, 0.15) is 0 Å². The number of pyridine rings is 1. The van der Waals surface area contributed by atoms with E-state index in [9.17, 15) is 4.79 Å². The highest BCUT2D eigenvalue weighted by molar-refractivity contribution is 5.98. The fraction of sp³-hybridized carbons (Fsp3) is 0.308. The van der Waals surface area contributed by atoms with Crippen LogP contribution in [0.1, 0.15) is 27.3 Å². The number of nitrogen functional groups attached to an aromatic ring is 1. The van der Waals surface area contributed by atoms with Gasteiger partial charge in [-0.05, 0) is 26.0 Å². The maximum absolute atomic E-state index is 12.2. The Kier molecular flexibility index (Phi) is 3.99. The van der Waals surface area contributed by atoms with Crippen LogP contribution >= 0.6 is 0 Å². The predicted molar refractivity (Wildman–Crippen MR) is 75.9 cm³/mol. The molecule has 0 atom stereocenters. The van der Waals surface area contributed by atoms with E-state index in [4.69, 9.17) is 5.84 Å². The monoisotopic (exact) mass is 274 g/mol. The number of aromatic nitrogens is 3. The van der Waals surface area contributed by atoms with Crippen molar-refractivity contribution in [2.45, 2.75) is 20.4 Å². The van der Waals surface area contributed by atoms with E-state index < -0.39 is 0 Å². The highest BCUT2D eigenvalue weighted by Crippen LogP contribution is 2.13. The molecule has 0 fully saturated rings. The van der Waals surface area contributed by atoms with Gasteiger partial charge in [0, 0.05) is 31.0 Å². The molecular weight excluding hydrogens is 256 g/mol. The molecule has 20 heavy (non-hydrogen) atoms. The maximum atomic E-state index is 12.2. The molecule has 2 aromatic heterocycles. The van der Waals surface area contributed by atoms with E-state index in [-0.39, 0.29) is 5.91 Å². The summed E-state index contributed by atoms with van der Waals surface area (Å²) in [6, 6.07) is 3.36. The van der Waals surface area contributed by atoms with Gasteiger partial charge in [0.15, 0.2) is 5.82 Å². The standard InChI is InChI=1S/C13H18N6O/c1-8-11(9(2)19(3)18-8)7-16-13(20)10-5-4-6-15-12(10)17-14/h4-6H,7,14H2,1-3H3,(H,15,17)(H,16,20). The molecule has 0 aliphatic carbocycles. The second-order valence-electron chi connectivity index (χ2n) is 4.50. The Morgan fingerprint density at radius 2 is 2.20 bits per heavy atom. The van der Waals surface area contributed by atoms with Crippen LogP contribution in [-0.4, -0.2) is 20.7 Å². The average molecular weight is 274 g/mol. The van der Waals surface area contributed by atoms with E-state index in [0.29, 0.717) is 17.9 Å². The number of nitrogens with zero attached hydrogens (tertiary/aromatic N) is 3. The van der Waals surface area contributed by atoms with Gasteiger partial charge in [-0.2, -0.15) is 5.10 Å². The van der Waals surface area contributed by atoms with E-state index in [1.807, 2.05) is 20.9 Å². The van der Waals surface area contributed by atoms with E-state index in [0.717, 1.165) is 17.0 Å². The van der Waals surface area contributed by atoms with Crippen LogP contribution in [0.15, 0.2) is 18.3 Å². The van der Waals surface area contributed by atoms with Gasteiger partial charge in [0.2, 0.25) is 0 Å². The maximum Gasteiger partial charge on any atom is 0.255 e. The number of hydrogen-bond donors (Lipinski definition) is 3. The lowest BCUT2D eigenvalue weighted by atomic mass is 10.2. The van der Waals surface area contributed by atoms with E-state index in [2.05, 4.69) is 20.8 Å². The van der Waals surface area contributed by atoms with Crippen LogP contribution in [0.25, 0.3) is 0 Å². The van der Waals surface area contributed by atoms with E-state index in [1.165, 1.54) is 0 Å². The first-order valence-electron chi connectivity index (χ1n) is 6.23. The van der Waals surface area contributed by atoms with Crippen LogP contribution in [0.2, 0.25) is 0 Å². The minimum absolute atomic E-state index is 0.228. The number of hydrogen-bond acceptors (Lipinski definition) is 5. The zero-order valence-corrected chi connectivity index (χ0v) is 11.8. The number of anilines is 1. The second-order valence-corrected chi connectivity index (χ2v) is 4.50. The molecule has 106 valence electrons. The lowest BCUT2D eigenvalue weighted by Crippen LogP contribution is -2.25. The van der Waals surface area contributed by atoms with Crippen molar-refractivity contribution < 1.29 is 4.79 Å². The Labute approximate surface area is 117 Å². The third-order valence-electron chi connectivity index (χ3n) is 3.27. The molecule has 0 saturated heterocycles. The quantitative estimate of drug-likeness (QED) is 0.561. The van der Waals surface area contributed by atoms with Gasteiger partial charge in [-0.1, -0.05) is 0 Å². The molecule has 0 radical (unpaired) electrons. The van der Waals surface area contributed by atoms with Crippen molar-refractivity contribution in [2.75, 3.05) is 5.43 Å². The Morgan fingerprint density at radius 3 is 2.80 bits per heavy atom. The average Bonchev–Trinajstić information content (AvgIpc) is 2.70. The van der Waals surface area contributed by atoms with E-state index in [1.54, 1.807) is 23.0 Å². The Hall–Kier alpha value is -2.41. The fourth-order valence-electron chi connectivity index (χ4n) is 2.04. The van der Waals surface area contributed by atoms with Crippen molar-refractivity contribution in [1.82, 2.24) is 20.1 Å². The second kappa shape index (κ2) is 5.70. The zero-order valence-electron chi connectivity index (χ0n) is 11.8. The van der Waals surface area contributed by atoms with Crippen molar-refractivity contribution in [3.8, 4) is 0 Å². The SMILES string of the molecule is Cc1nn(C)c(C)c1CNC(=O)c1cccnc1NN. The number of nitrogens with two attached hydrogens (primary N) is 1. The third kappa shape index (κ3) is 2.62. The van der Waals surface area contributed by atoms with Crippen molar-refractivity contribution in [1.29, 1.82) is 0 Å². The summed E-state index contributed by atoms with van der Waals surface area (Å²) in [6.45, 7) is 4.31. The highest BCUT2D eigenvalue weighted by atomic mass is 16.1. The zero-order chi connectivity index (χ0) is 14.7. The van der Waals surface area contributed by atoms with Gasteiger partial charge in [-0.25, -0.2) is 10.8 Å². The Bertz CT molecular complexity index is 634. The molecule has 0 unspecified atom stereocenters. The Balaban J connectivity index is 2.13. The molecule has 0 spiro atoms. The smallest absolute Gasteiger partial charge is 0.255 e. The molecule has 0 saturated carbocycles. The Morgan fingerprint density at radius 1 is 1.45 bits per heavy atom. The lowest BCUT2D eigenvalue weighted by Gasteiger charge is -2.09. The first-order valence-corrected chi connectivity index (χ1v) is 6.23. The normalized spacial score (nSPS) is 10.4. The molecule has 7 nitrogen and oxygen atoms in total. The minimum Gasteiger partial charge on any atom is -0.348 e. The molecular formula is C13H18N6O. The predicted octanol–water partition coefficient (Wildman–Crippen LogP) is 0.648. The largest absolute Gasteiger partial charge is 0.348 e. The number of amides is 1. The van der Waals surface area contributed by atoms with Crippen LogP contribution in [0.3, 0.4) is 0 Å². The van der Waals surface area contributed by atoms with Crippen LogP contribution in [-0.2, 0) is 13.6 Å². The number of carbonyl (C=O) groups excluding carboxylic acids is 1. The molecule has 2 aromatic rings. The number of hydrazine groups is 1. The first kappa shape index (κ1) is 14.0.